The summed E-state index contributed by atoms with van der Waals surface area (Å²) in [7, 11) is 0. The van der Waals surface area contributed by atoms with Crippen molar-refractivity contribution in [2.24, 2.45) is 0 Å². The van der Waals surface area contributed by atoms with Gasteiger partial charge < -0.3 is 4.57 Å². The van der Waals surface area contributed by atoms with Crippen LogP contribution in [0.15, 0.2) is 78.0 Å². The van der Waals surface area contributed by atoms with Gasteiger partial charge in [0.1, 0.15) is 5.57 Å². The van der Waals surface area contributed by atoms with Crippen LogP contribution in [0.2, 0.25) is 0 Å². The Morgan fingerprint density at radius 3 is 2.53 bits per heavy atom. The van der Waals surface area contributed by atoms with Crippen molar-refractivity contribution < 1.29 is 14.4 Å². The minimum absolute atomic E-state index is 0.0140. The van der Waals surface area contributed by atoms with E-state index in [1.54, 1.807) is 6.08 Å². The fraction of sp³-hybridized carbons (Fsp3) is 0.250. The lowest BCUT2D eigenvalue weighted by Crippen LogP contribution is -2.54. The molecule has 6 heteroatoms. The van der Waals surface area contributed by atoms with E-state index < -0.39 is 17.8 Å². The lowest BCUT2D eigenvalue weighted by Gasteiger charge is -2.27. The molecule has 4 amide bonds. The monoisotopic (exact) mass is 453 g/mol. The first-order valence-electron chi connectivity index (χ1n) is 11.8. The van der Waals surface area contributed by atoms with Crippen LogP contribution in [0.25, 0.3) is 17.0 Å². The van der Waals surface area contributed by atoms with Gasteiger partial charge in [-0.25, -0.2) is 4.79 Å². The molecular formula is C28H27N3O3. The molecule has 1 aromatic heterocycles. The third kappa shape index (κ3) is 4.44. The summed E-state index contributed by atoms with van der Waals surface area (Å²) in [5.41, 5.74) is 4.20. The van der Waals surface area contributed by atoms with Crippen molar-refractivity contribution in [1.82, 2.24) is 14.8 Å². The van der Waals surface area contributed by atoms with Gasteiger partial charge in [-0.15, -0.1) is 0 Å². The van der Waals surface area contributed by atoms with E-state index in [0.29, 0.717) is 13.0 Å². The molecule has 1 fully saturated rings. The summed E-state index contributed by atoms with van der Waals surface area (Å²) < 4.78 is 2.11. The summed E-state index contributed by atoms with van der Waals surface area (Å²) in [6.45, 7) is 0.946. The minimum atomic E-state index is -0.650. The van der Waals surface area contributed by atoms with Crippen molar-refractivity contribution in [2.75, 3.05) is 6.54 Å². The summed E-state index contributed by atoms with van der Waals surface area (Å²) in [6.07, 6.45) is 10.8. The summed E-state index contributed by atoms with van der Waals surface area (Å²) in [5.74, 6) is -1.19. The van der Waals surface area contributed by atoms with Gasteiger partial charge in [0.25, 0.3) is 11.8 Å². The van der Waals surface area contributed by atoms with Crippen LogP contribution in [0.3, 0.4) is 0 Å². The van der Waals surface area contributed by atoms with E-state index in [1.165, 1.54) is 12.0 Å². The molecule has 0 bridgehead atoms. The number of para-hydroxylation sites is 1. The van der Waals surface area contributed by atoms with E-state index in [0.717, 1.165) is 46.2 Å². The second-order valence-electron chi connectivity index (χ2n) is 8.85. The Bertz CT molecular complexity index is 1320. The molecule has 0 saturated carbocycles. The van der Waals surface area contributed by atoms with Gasteiger partial charge in [0.05, 0.1) is 0 Å². The van der Waals surface area contributed by atoms with Crippen molar-refractivity contribution in [1.29, 1.82) is 0 Å². The number of barbiturate groups is 1. The zero-order valence-corrected chi connectivity index (χ0v) is 19.0. The standard InChI is InChI=1S/C28H27N3O3/c32-26-24(27(33)31(28(34)29-26)16-15-20-9-3-1-4-10-20)17-22-19-30(18-21-11-5-2-6-12-21)25-14-8-7-13-23(22)25/h2,5-9,11-14,17,19H,1,3-4,10,15-16,18H2,(H,29,32,34)/b24-17-. The maximum Gasteiger partial charge on any atom is 0.331 e. The lowest BCUT2D eigenvalue weighted by molar-refractivity contribution is -0.130. The zero-order chi connectivity index (χ0) is 23.5. The van der Waals surface area contributed by atoms with Crippen molar-refractivity contribution >= 4 is 34.8 Å². The molecule has 0 spiro atoms. The SMILES string of the molecule is O=C1NC(=O)N(CCC2=CCCCC2)C(=O)/C1=C\c1cn(Cc2ccccc2)c2ccccc12. The number of urea groups is 1. The summed E-state index contributed by atoms with van der Waals surface area (Å²) in [5, 5.41) is 3.29. The highest BCUT2D eigenvalue weighted by Gasteiger charge is 2.35. The number of nitrogens with zero attached hydrogens (tertiary/aromatic N) is 2. The summed E-state index contributed by atoms with van der Waals surface area (Å²) in [6, 6.07) is 17.4. The van der Waals surface area contributed by atoms with E-state index in [9.17, 15) is 14.4 Å². The number of fused-ring (bicyclic) bond motifs is 1. The van der Waals surface area contributed by atoms with Gasteiger partial charge >= 0.3 is 6.03 Å². The molecule has 1 N–H and O–H groups in total. The van der Waals surface area contributed by atoms with Crippen LogP contribution in [0, 0.1) is 0 Å². The summed E-state index contributed by atoms with van der Waals surface area (Å²) >= 11 is 0. The van der Waals surface area contributed by atoms with Gasteiger partial charge in [0.2, 0.25) is 0 Å². The number of carbonyl (C=O) groups is 3. The lowest BCUT2D eigenvalue weighted by atomic mass is 9.97. The van der Waals surface area contributed by atoms with Crippen LogP contribution in [-0.2, 0) is 16.1 Å². The third-order valence-electron chi connectivity index (χ3n) is 6.54. The number of nitrogens with one attached hydrogen (secondary N) is 1. The van der Waals surface area contributed by atoms with E-state index in [1.807, 2.05) is 48.7 Å². The van der Waals surface area contributed by atoms with Crippen LogP contribution in [0.1, 0.15) is 43.2 Å². The highest BCUT2D eigenvalue weighted by Crippen LogP contribution is 2.26. The maximum atomic E-state index is 13.2. The van der Waals surface area contributed by atoms with Gasteiger partial charge in [0, 0.05) is 35.8 Å². The molecule has 0 atom stereocenters. The molecule has 1 aliphatic heterocycles. The van der Waals surface area contributed by atoms with E-state index in [4.69, 9.17) is 0 Å². The normalized spacial score (nSPS) is 17.9. The Hall–Kier alpha value is -3.93. The number of carbonyl (C=O) groups excluding carboxylic acids is 3. The molecule has 0 radical (unpaired) electrons. The zero-order valence-electron chi connectivity index (χ0n) is 19.0. The number of amides is 4. The van der Waals surface area contributed by atoms with Gasteiger partial charge in [0.15, 0.2) is 0 Å². The number of aromatic nitrogens is 1. The number of benzene rings is 2. The Kier molecular flexibility index (Phi) is 6.12. The van der Waals surface area contributed by atoms with Crippen LogP contribution in [0.5, 0.6) is 0 Å². The largest absolute Gasteiger partial charge is 0.342 e. The second-order valence-corrected chi connectivity index (χ2v) is 8.85. The molecule has 2 aromatic carbocycles. The molecule has 5 rings (SSSR count). The Labute approximate surface area is 198 Å². The van der Waals surface area contributed by atoms with E-state index in [-0.39, 0.29) is 12.1 Å². The third-order valence-corrected chi connectivity index (χ3v) is 6.54. The summed E-state index contributed by atoms with van der Waals surface area (Å²) in [4.78, 5) is 39.4. The van der Waals surface area contributed by atoms with Gasteiger partial charge in [-0.05, 0) is 49.8 Å². The van der Waals surface area contributed by atoms with Crippen LogP contribution in [0.4, 0.5) is 4.79 Å². The van der Waals surface area contributed by atoms with E-state index >= 15 is 0 Å². The number of hydrogen-bond donors (Lipinski definition) is 1. The van der Waals surface area contributed by atoms with Crippen molar-refractivity contribution in [3.8, 4) is 0 Å². The minimum Gasteiger partial charge on any atom is -0.342 e. The molecule has 0 unspecified atom stereocenters. The molecule has 2 aliphatic rings. The van der Waals surface area contributed by atoms with E-state index in [2.05, 4.69) is 28.1 Å². The molecule has 1 saturated heterocycles. The number of rotatable bonds is 6. The van der Waals surface area contributed by atoms with Gasteiger partial charge in [-0.3, -0.25) is 19.8 Å². The van der Waals surface area contributed by atoms with Crippen molar-refractivity contribution in [3.05, 3.63) is 89.1 Å². The van der Waals surface area contributed by atoms with Crippen LogP contribution < -0.4 is 5.32 Å². The first kappa shape index (κ1) is 21.9. The molecule has 1 aliphatic carbocycles. The topological polar surface area (TPSA) is 71.4 Å². The molecule has 34 heavy (non-hydrogen) atoms. The Morgan fingerprint density at radius 2 is 1.74 bits per heavy atom. The smallest absolute Gasteiger partial charge is 0.331 e. The fourth-order valence-electron chi connectivity index (χ4n) is 4.74. The average Bonchev–Trinajstić information content (AvgIpc) is 3.20. The number of allylic oxidation sites excluding steroid dienone is 1. The number of imide groups is 2. The molecule has 2 heterocycles. The molecule has 6 nitrogen and oxygen atoms in total. The van der Waals surface area contributed by atoms with Crippen molar-refractivity contribution in [3.63, 3.8) is 0 Å². The quantitative estimate of drug-likeness (QED) is 0.323. The Balaban J connectivity index is 1.45. The second kappa shape index (κ2) is 9.51. The maximum absolute atomic E-state index is 13.2. The molecule has 3 aromatic rings. The fourth-order valence-corrected chi connectivity index (χ4v) is 4.74. The average molecular weight is 454 g/mol. The first-order valence-corrected chi connectivity index (χ1v) is 11.8. The Morgan fingerprint density at radius 1 is 0.941 bits per heavy atom. The van der Waals surface area contributed by atoms with Crippen LogP contribution in [-0.4, -0.2) is 33.9 Å². The first-order chi connectivity index (χ1) is 16.6. The van der Waals surface area contributed by atoms with Gasteiger partial charge in [-0.1, -0.05) is 60.2 Å². The predicted octanol–water partition coefficient (Wildman–Crippen LogP) is 5.04. The molecular weight excluding hydrogens is 426 g/mol. The van der Waals surface area contributed by atoms with Gasteiger partial charge in [-0.2, -0.15) is 0 Å². The number of hydrogen-bond acceptors (Lipinski definition) is 3. The van der Waals surface area contributed by atoms with Crippen molar-refractivity contribution in [2.45, 2.75) is 38.6 Å². The van der Waals surface area contributed by atoms with Crippen LogP contribution >= 0.6 is 0 Å². The highest BCUT2D eigenvalue weighted by atomic mass is 16.2. The predicted molar refractivity (Wildman–Crippen MR) is 132 cm³/mol. The highest BCUT2D eigenvalue weighted by molar-refractivity contribution is 6.31. The molecule has 172 valence electrons.